The molecule has 0 saturated carbocycles. The number of thioether (sulfide) groups is 1. The molecule has 0 bridgehead atoms. The lowest BCUT2D eigenvalue weighted by Crippen LogP contribution is -2.20. The highest BCUT2D eigenvalue weighted by molar-refractivity contribution is 7.99. The van der Waals surface area contributed by atoms with Gasteiger partial charge in [0.25, 0.3) is 5.91 Å². The first-order chi connectivity index (χ1) is 15.1. The zero-order valence-electron chi connectivity index (χ0n) is 17.0. The molecule has 156 valence electrons. The monoisotopic (exact) mass is 448 g/mol. The molecule has 0 aliphatic carbocycles. The third-order valence-electron chi connectivity index (χ3n) is 4.65. The van der Waals surface area contributed by atoms with E-state index in [2.05, 4.69) is 15.1 Å². The summed E-state index contributed by atoms with van der Waals surface area (Å²) in [6.07, 6.45) is 1.64. The minimum Gasteiger partial charge on any atom is -0.314 e. The topological polar surface area (TPSA) is 59.3 Å². The van der Waals surface area contributed by atoms with Crippen molar-refractivity contribution in [2.24, 2.45) is 5.10 Å². The summed E-state index contributed by atoms with van der Waals surface area (Å²) in [6, 6.07) is 23.6. The van der Waals surface area contributed by atoms with Crippen LogP contribution in [0.3, 0.4) is 0 Å². The molecule has 7 heteroatoms. The van der Waals surface area contributed by atoms with Crippen LogP contribution < -0.4 is 5.43 Å². The summed E-state index contributed by atoms with van der Waals surface area (Å²) in [5.41, 5.74) is 7.71. The van der Waals surface area contributed by atoms with Gasteiger partial charge in [-0.3, -0.25) is 4.79 Å². The zero-order chi connectivity index (χ0) is 21.6. The molecule has 31 heavy (non-hydrogen) atoms. The van der Waals surface area contributed by atoms with Crippen molar-refractivity contribution >= 4 is 46.5 Å². The molecule has 3 aromatic carbocycles. The fourth-order valence-corrected chi connectivity index (χ4v) is 4.11. The maximum atomic E-state index is 12.3. The molecule has 0 radical (unpaired) electrons. The lowest BCUT2D eigenvalue weighted by molar-refractivity contribution is -0.118. The van der Waals surface area contributed by atoms with Gasteiger partial charge in [-0.1, -0.05) is 77.5 Å². The smallest absolute Gasteiger partial charge is 0.250 e. The number of amides is 1. The van der Waals surface area contributed by atoms with Gasteiger partial charge in [-0.25, -0.2) is 10.4 Å². The van der Waals surface area contributed by atoms with E-state index in [-0.39, 0.29) is 11.7 Å². The standard InChI is InChI=1S/C24H21ClN4OS/c1-17-5-4-6-19(13-17)14-26-28-23(30)16-31-24-27-21-7-2-3-8-22(21)29(24)15-18-9-11-20(25)12-10-18/h2-14H,15-16H2,1H3,(H,28,30). The molecular formula is C24H21ClN4OS. The Morgan fingerprint density at radius 1 is 1.13 bits per heavy atom. The molecule has 1 aromatic heterocycles. The maximum absolute atomic E-state index is 12.3. The summed E-state index contributed by atoms with van der Waals surface area (Å²) in [4.78, 5) is 17.0. The van der Waals surface area contributed by atoms with Crippen LogP contribution in [-0.4, -0.2) is 27.4 Å². The zero-order valence-corrected chi connectivity index (χ0v) is 18.5. The Hall–Kier alpha value is -3.09. The van der Waals surface area contributed by atoms with E-state index in [0.29, 0.717) is 11.6 Å². The first kappa shape index (κ1) is 21.2. The maximum Gasteiger partial charge on any atom is 0.250 e. The second-order valence-electron chi connectivity index (χ2n) is 7.09. The highest BCUT2D eigenvalue weighted by Crippen LogP contribution is 2.25. The SMILES string of the molecule is Cc1cccc(C=NNC(=O)CSc2nc3ccccc3n2Cc2ccc(Cl)cc2)c1. The van der Waals surface area contributed by atoms with Crippen LogP contribution >= 0.6 is 23.4 Å². The van der Waals surface area contributed by atoms with Crippen molar-refractivity contribution < 1.29 is 4.79 Å². The lowest BCUT2D eigenvalue weighted by Gasteiger charge is -2.09. The Bertz CT molecular complexity index is 1230. The predicted molar refractivity (Wildman–Crippen MR) is 128 cm³/mol. The van der Waals surface area contributed by atoms with E-state index < -0.39 is 0 Å². The molecule has 1 amide bonds. The molecule has 1 N–H and O–H groups in total. The fraction of sp³-hybridized carbons (Fsp3) is 0.125. The van der Waals surface area contributed by atoms with Crippen molar-refractivity contribution in [2.75, 3.05) is 5.75 Å². The van der Waals surface area contributed by atoms with Crippen LogP contribution in [0.2, 0.25) is 5.02 Å². The Morgan fingerprint density at radius 2 is 1.94 bits per heavy atom. The number of hydrogen-bond donors (Lipinski definition) is 1. The van der Waals surface area contributed by atoms with Gasteiger partial charge in [0.1, 0.15) is 0 Å². The van der Waals surface area contributed by atoms with Crippen LogP contribution in [0.5, 0.6) is 0 Å². The molecule has 4 rings (SSSR count). The van der Waals surface area contributed by atoms with Gasteiger partial charge in [0.2, 0.25) is 0 Å². The van der Waals surface area contributed by atoms with Crippen molar-refractivity contribution in [1.82, 2.24) is 15.0 Å². The van der Waals surface area contributed by atoms with Crippen LogP contribution in [0.15, 0.2) is 83.1 Å². The van der Waals surface area contributed by atoms with Crippen LogP contribution in [0.25, 0.3) is 11.0 Å². The largest absolute Gasteiger partial charge is 0.314 e. The van der Waals surface area contributed by atoms with Crippen LogP contribution in [-0.2, 0) is 11.3 Å². The van der Waals surface area contributed by atoms with E-state index in [0.717, 1.165) is 32.9 Å². The fourth-order valence-electron chi connectivity index (χ4n) is 3.18. The summed E-state index contributed by atoms with van der Waals surface area (Å²) in [5.74, 6) is 0.0359. The lowest BCUT2D eigenvalue weighted by atomic mass is 10.2. The molecule has 0 aliphatic rings. The Kier molecular flexibility index (Phi) is 6.70. The van der Waals surface area contributed by atoms with Crippen molar-refractivity contribution in [2.45, 2.75) is 18.6 Å². The van der Waals surface area contributed by atoms with Crippen molar-refractivity contribution in [3.05, 3.63) is 94.5 Å². The summed E-state index contributed by atoms with van der Waals surface area (Å²) in [5, 5.41) is 5.55. The van der Waals surface area contributed by atoms with E-state index >= 15 is 0 Å². The van der Waals surface area contributed by atoms with E-state index in [1.165, 1.54) is 11.8 Å². The number of carbonyl (C=O) groups excluding carboxylic acids is 1. The van der Waals surface area contributed by atoms with Gasteiger partial charge in [0.15, 0.2) is 5.16 Å². The second-order valence-corrected chi connectivity index (χ2v) is 8.47. The predicted octanol–water partition coefficient (Wildman–Crippen LogP) is 5.29. The van der Waals surface area contributed by atoms with Gasteiger partial charge in [-0.15, -0.1) is 0 Å². The number of halogens is 1. The Balaban J connectivity index is 1.45. The van der Waals surface area contributed by atoms with Crippen molar-refractivity contribution in [3.63, 3.8) is 0 Å². The van der Waals surface area contributed by atoms with Crippen molar-refractivity contribution in [3.8, 4) is 0 Å². The van der Waals surface area contributed by atoms with Crippen LogP contribution in [0, 0.1) is 6.92 Å². The molecule has 5 nitrogen and oxygen atoms in total. The first-order valence-electron chi connectivity index (χ1n) is 9.79. The number of aromatic nitrogens is 2. The second kappa shape index (κ2) is 9.81. The summed E-state index contributed by atoms with van der Waals surface area (Å²) in [6.45, 7) is 2.66. The third kappa shape index (κ3) is 5.54. The molecule has 1 heterocycles. The van der Waals surface area contributed by atoms with Crippen molar-refractivity contribution in [1.29, 1.82) is 0 Å². The average molecular weight is 449 g/mol. The Labute approximate surface area is 190 Å². The average Bonchev–Trinajstić information content (AvgIpc) is 3.11. The van der Waals surface area contributed by atoms with E-state index in [1.807, 2.05) is 79.7 Å². The molecule has 4 aromatic rings. The molecule has 0 atom stereocenters. The van der Waals surface area contributed by atoms with E-state index in [1.54, 1.807) is 6.21 Å². The molecule has 0 fully saturated rings. The number of hydrazone groups is 1. The number of nitrogens with one attached hydrogen (secondary N) is 1. The molecule has 0 aliphatic heterocycles. The molecular weight excluding hydrogens is 428 g/mol. The van der Waals surface area contributed by atoms with Crippen LogP contribution in [0.1, 0.15) is 16.7 Å². The molecule has 0 spiro atoms. The van der Waals surface area contributed by atoms with Gasteiger partial charge in [-0.2, -0.15) is 5.10 Å². The summed E-state index contributed by atoms with van der Waals surface area (Å²) in [7, 11) is 0. The highest BCUT2D eigenvalue weighted by Gasteiger charge is 2.13. The number of carbonyl (C=O) groups is 1. The number of imidazole rings is 1. The molecule has 0 saturated heterocycles. The quantitative estimate of drug-likeness (QED) is 0.237. The summed E-state index contributed by atoms with van der Waals surface area (Å²) < 4.78 is 2.12. The number of aryl methyl sites for hydroxylation is 1. The van der Waals surface area contributed by atoms with Gasteiger partial charge in [-0.05, 0) is 42.3 Å². The first-order valence-corrected chi connectivity index (χ1v) is 11.2. The normalized spacial score (nSPS) is 11.3. The van der Waals surface area contributed by atoms with Gasteiger partial charge in [0, 0.05) is 5.02 Å². The number of nitrogens with zero attached hydrogens (tertiary/aromatic N) is 3. The van der Waals surface area contributed by atoms with Gasteiger partial charge < -0.3 is 4.57 Å². The summed E-state index contributed by atoms with van der Waals surface area (Å²) >= 11 is 7.41. The van der Waals surface area contributed by atoms with E-state index in [9.17, 15) is 4.79 Å². The van der Waals surface area contributed by atoms with Gasteiger partial charge in [0.05, 0.1) is 29.5 Å². The molecule has 0 unspecified atom stereocenters. The number of hydrogen-bond acceptors (Lipinski definition) is 4. The highest BCUT2D eigenvalue weighted by atomic mass is 35.5. The number of rotatable bonds is 7. The minimum atomic E-state index is -0.181. The number of benzene rings is 3. The van der Waals surface area contributed by atoms with Crippen LogP contribution in [0.4, 0.5) is 0 Å². The van der Waals surface area contributed by atoms with E-state index in [4.69, 9.17) is 16.6 Å². The number of fused-ring (bicyclic) bond motifs is 1. The Morgan fingerprint density at radius 3 is 2.74 bits per heavy atom. The van der Waals surface area contributed by atoms with Gasteiger partial charge >= 0.3 is 0 Å². The number of para-hydroxylation sites is 2. The third-order valence-corrected chi connectivity index (χ3v) is 5.88. The minimum absolute atomic E-state index is 0.181.